The number of hydrogen-bond donors (Lipinski definition) is 1. The molecule has 2 heterocycles. The van der Waals surface area contributed by atoms with Gasteiger partial charge in [-0.1, -0.05) is 6.07 Å². The summed E-state index contributed by atoms with van der Waals surface area (Å²) in [5.41, 5.74) is 0.225. The van der Waals surface area contributed by atoms with Crippen LogP contribution >= 0.6 is 55.4 Å². The van der Waals surface area contributed by atoms with Crippen LogP contribution in [0.1, 0.15) is 12.5 Å². The van der Waals surface area contributed by atoms with Crippen LogP contribution in [0.25, 0.3) is 21.8 Å². The molecule has 0 aliphatic rings. The fourth-order valence-electron chi connectivity index (χ4n) is 3.98. The maximum Gasteiger partial charge on any atom is 0.319 e. The topological polar surface area (TPSA) is 114 Å². The summed E-state index contributed by atoms with van der Waals surface area (Å²) in [5, 5.41) is 13.9. The Morgan fingerprint density at radius 3 is 2.24 bits per heavy atom. The van der Waals surface area contributed by atoms with Gasteiger partial charge in [-0.05, 0) is 106 Å². The first kappa shape index (κ1) is 31.1. The summed E-state index contributed by atoms with van der Waals surface area (Å²) in [6.45, 7) is 1.20. The predicted octanol–water partition coefficient (Wildman–Crippen LogP) is 6.29. The molecule has 12 heteroatoms. The van der Waals surface area contributed by atoms with Crippen molar-refractivity contribution in [3.63, 3.8) is 0 Å². The van der Waals surface area contributed by atoms with E-state index in [9.17, 15) is 14.9 Å². The molecule has 0 spiro atoms. The molecule has 4 aromatic rings. The number of hydrogen-bond acceptors (Lipinski definition) is 9. The highest BCUT2D eigenvalue weighted by molar-refractivity contribution is 9.10. The molecule has 3 atom stereocenters. The molecule has 41 heavy (non-hydrogen) atoms. The Morgan fingerprint density at radius 1 is 1.00 bits per heavy atom. The van der Waals surface area contributed by atoms with Crippen molar-refractivity contribution in [1.29, 1.82) is 5.26 Å². The zero-order valence-corrected chi connectivity index (χ0v) is 27.2. The van der Waals surface area contributed by atoms with Gasteiger partial charge in [-0.25, -0.2) is 0 Å². The van der Waals surface area contributed by atoms with Crippen molar-refractivity contribution < 1.29 is 19.1 Å². The SMILES string of the molecule is CSC(Cc1ccc2ncc(Br)cc2c1)C(=O)OCC(C)(C#N)NC(=O)C(Oc1ccc2ncc(Br)cc2c1)SC. The molecule has 0 aliphatic heterocycles. The number of fused-ring (bicyclic) bond motifs is 2. The first-order valence-electron chi connectivity index (χ1n) is 12.3. The van der Waals surface area contributed by atoms with Gasteiger partial charge in [-0.3, -0.25) is 19.6 Å². The number of aromatic nitrogens is 2. The fraction of sp³-hybridized carbons (Fsp3) is 0.276. The average Bonchev–Trinajstić information content (AvgIpc) is 2.96. The second kappa shape index (κ2) is 13.9. The minimum absolute atomic E-state index is 0.309. The van der Waals surface area contributed by atoms with Crippen molar-refractivity contribution in [2.24, 2.45) is 0 Å². The third-order valence-corrected chi connectivity index (χ3v) is 8.65. The van der Waals surface area contributed by atoms with Crippen molar-refractivity contribution in [3.05, 3.63) is 75.4 Å². The van der Waals surface area contributed by atoms with Gasteiger partial charge in [-0.15, -0.1) is 23.5 Å². The molecule has 8 nitrogen and oxygen atoms in total. The Morgan fingerprint density at radius 2 is 1.63 bits per heavy atom. The zero-order valence-electron chi connectivity index (χ0n) is 22.4. The molecule has 4 rings (SSSR count). The van der Waals surface area contributed by atoms with Crippen molar-refractivity contribution in [2.45, 2.75) is 29.6 Å². The largest absolute Gasteiger partial charge is 0.470 e. The smallest absolute Gasteiger partial charge is 0.319 e. The predicted molar refractivity (Wildman–Crippen MR) is 171 cm³/mol. The van der Waals surface area contributed by atoms with Gasteiger partial charge < -0.3 is 14.8 Å². The number of thioether (sulfide) groups is 2. The molecule has 0 bridgehead atoms. The highest BCUT2D eigenvalue weighted by Crippen LogP contribution is 2.26. The van der Waals surface area contributed by atoms with Crippen LogP contribution in [-0.2, 0) is 20.7 Å². The summed E-state index contributed by atoms with van der Waals surface area (Å²) in [6.07, 6.45) is 7.45. The van der Waals surface area contributed by atoms with E-state index in [1.54, 1.807) is 36.8 Å². The third-order valence-electron chi connectivity index (χ3n) is 6.12. The number of ether oxygens (including phenoxy) is 2. The Bertz CT molecular complexity index is 1630. The van der Waals surface area contributed by atoms with Gasteiger partial charge in [0.15, 0.2) is 5.54 Å². The first-order valence-corrected chi connectivity index (χ1v) is 16.5. The number of rotatable bonds is 11. The van der Waals surface area contributed by atoms with E-state index in [0.717, 1.165) is 36.3 Å². The maximum absolute atomic E-state index is 13.1. The minimum Gasteiger partial charge on any atom is -0.470 e. The van der Waals surface area contributed by atoms with Crippen LogP contribution in [0.15, 0.2) is 69.9 Å². The Balaban J connectivity index is 1.37. The van der Waals surface area contributed by atoms with Crippen molar-refractivity contribution in [2.75, 3.05) is 19.1 Å². The molecular weight excluding hydrogens is 692 g/mol. The van der Waals surface area contributed by atoms with Gasteiger partial charge in [0.25, 0.3) is 5.91 Å². The molecule has 212 valence electrons. The molecule has 0 saturated carbocycles. The number of carbonyl (C=O) groups is 2. The molecule has 0 fully saturated rings. The van der Waals surface area contributed by atoms with Gasteiger partial charge in [0.1, 0.15) is 17.6 Å². The summed E-state index contributed by atoms with van der Waals surface area (Å²) >= 11 is 9.39. The van der Waals surface area contributed by atoms with E-state index in [4.69, 9.17) is 9.47 Å². The quantitative estimate of drug-likeness (QED) is 0.141. The van der Waals surface area contributed by atoms with E-state index in [1.165, 1.54) is 30.4 Å². The van der Waals surface area contributed by atoms with Crippen LogP contribution in [-0.4, -0.2) is 57.2 Å². The van der Waals surface area contributed by atoms with Crippen LogP contribution in [0.2, 0.25) is 0 Å². The lowest BCUT2D eigenvalue weighted by molar-refractivity contribution is -0.145. The molecule has 0 saturated heterocycles. The molecular formula is C29H26Br2N4O4S2. The molecule has 3 unspecified atom stereocenters. The first-order chi connectivity index (χ1) is 19.6. The van der Waals surface area contributed by atoms with Crippen LogP contribution in [0, 0.1) is 11.3 Å². The second-order valence-corrected chi connectivity index (χ2v) is 13.1. The van der Waals surface area contributed by atoms with Crippen molar-refractivity contribution in [1.82, 2.24) is 15.3 Å². The monoisotopic (exact) mass is 716 g/mol. The lowest BCUT2D eigenvalue weighted by Crippen LogP contribution is -2.52. The van der Waals surface area contributed by atoms with Crippen LogP contribution in [0.5, 0.6) is 5.75 Å². The normalized spacial score (nSPS) is 14.0. The van der Waals surface area contributed by atoms with Crippen molar-refractivity contribution in [3.8, 4) is 11.8 Å². The number of amides is 1. The van der Waals surface area contributed by atoms with Crippen LogP contribution in [0.4, 0.5) is 0 Å². The second-order valence-electron chi connectivity index (χ2n) is 9.34. The molecule has 2 aromatic heterocycles. The number of nitriles is 1. The summed E-state index contributed by atoms with van der Waals surface area (Å²) < 4.78 is 13.2. The Kier molecular flexibility index (Phi) is 10.5. The van der Waals surface area contributed by atoms with E-state index < -0.39 is 28.1 Å². The standard InChI is InChI=1S/C29H26Br2N4O4S2/c1-29(15-32,35-26(36)28(41-3)39-22-5-7-24-19(12-22)11-21(31)14-34-24)16-38-27(37)25(40-2)9-17-4-6-23-18(8-17)10-20(30)13-33-23/h4-8,10-14,25,28H,9,16H2,1-3H3,(H,35,36). The summed E-state index contributed by atoms with van der Waals surface area (Å²) in [6, 6.07) is 17.1. The maximum atomic E-state index is 13.1. The number of benzene rings is 2. The number of esters is 1. The summed E-state index contributed by atoms with van der Waals surface area (Å²) in [7, 11) is 0. The van der Waals surface area contributed by atoms with E-state index in [1.807, 2.05) is 36.6 Å². The number of pyridine rings is 2. The van der Waals surface area contributed by atoms with E-state index in [0.29, 0.717) is 12.2 Å². The van der Waals surface area contributed by atoms with Gasteiger partial charge in [0.05, 0.1) is 17.1 Å². The highest BCUT2D eigenvalue weighted by Gasteiger charge is 2.33. The molecule has 1 N–H and O–H groups in total. The lowest BCUT2D eigenvalue weighted by Gasteiger charge is -2.26. The lowest BCUT2D eigenvalue weighted by atomic mass is 10.1. The highest BCUT2D eigenvalue weighted by atomic mass is 79.9. The van der Waals surface area contributed by atoms with Crippen molar-refractivity contribution >= 4 is 89.1 Å². The van der Waals surface area contributed by atoms with Gasteiger partial charge in [0, 0.05) is 32.1 Å². The van der Waals surface area contributed by atoms with E-state index >= 15 is 0 Å². The Hall–Kier alpha value is -2.85. The van der Waals surface area contributed by atoms with Crippen LogP contribution < -0.4 is 10.1 Å². The summed E-state index contributed by atoms with van der Waals surface area (Å²) in [5.74, 6) is -0.492. The van der Waals surface area contributed by atoms with Gasteiger partial charge in [-0.2, -0.15) is 5.26 Å². The zero-order chi connectivity index (χ0) is 29.6. The molecule has 2 aromatic carbocycles. The van der Waals surface area contributed by atoms with E-state index in [2.05, 4.69) is 53.2 Å². The number of nitrogens with zero attached hydrogens (tertiary/aromatic N) is 3. The Labute approximate surface area is 263 Å². The third kappa shape index (κ3) is 8.13. The summed E-state index contributed by atoms with van der Waals surface area (Å²) in [4.78, 5) is 34.8. The minimum atomic E-state index is -1.45. The average molecular weight is 718 g/mol. The van der Waals surface area contributed by atoms with Crippen LogP contribution in [0.3, 0.4) is 0 Å². The molecule has 0 aliphatic carbocycles. The molecule has 1 amide bonds. The van der Waals surface area contributed by atoms with Gasteiger partial charge >= 0.3 is 5.97 Å². The fourth-order valence-corrected chi connectivity index (χ4v) is 5.78. The number of halogens is 2. The molecule has 0 radical (unpaired) electrons. The number of carbonyl (C=O) groups excluding carboxylic acids is 2. The van der Waals surface area contributed by atoms with Gasteiger partial charge in [0.2, 0.25) is 5.44 Å². The number of nitrogens with one attached hydrogen (secondary N) is 1. The van der Waals surface area contributed by atoms with E-state index in [-0.39, 0.29) is 6.61 Å².